The first-order chi connectivity index (χ1) is 7.33. The molecule has 0 heterocycles. The van der Waals surface area contributed by atoms with E-state index in [2.05, 4.69) is 61.6 Å². The molecule has 1 aliphatic carbocycles. The number of rotatable bonds is 1. The summed E-state index contributed by atoms with van der Waals surface area (Å²) in [6.07, 6.45) is 8.70. The van der Waals surface area contributed by atoms with Gasteiger partial charge in [0.05, 0.1) is 0 Å². The molecule has 0 nitrogen and oxygen atoms in total. The minimum atomic E-state index is 0. The summed E-state index contributed by atoms with van der Waals surface area (Å²) in [6.45, 7) is 2.15. The van der Waals surface area contributed by atoms with Gasteiger partial charge in [0.2, 0.25) is 0 Å². The van der Waals surface area contributed by atoms with Crippen LogP contribution >= 0.6 is 0 Å². The Kier molecular flexibility index (Phi) is 7.28. The zero-order chi connectivity index (χ0) is 10.3. The van der Waals surface area contributed by atoms with Crippen molar-refractivity contribution < 1.29 is 50.7 Å². The van der Waals surface area contributed by atoms with Gasteiger partial charge in [-0.1, -0.05) is 42.9 Å². The number of aryl methyl sites for hydroxylation is 1. The van der Waals surface area contributed by atoms with Gasteiger partial charge in [-0.05, 0) is 0 Å². The summed E-state index contributed by atoms with van der Waals surface area (Å²) in [4.78, 5) is 0. The van der Waals surface area contributed by atoms with E-state index in [4.69, 9.17) is 0 Å². The molecule has 0 unspecified atom stereocenters. The van der Waals surface area contributed by atoms with E-state index in [0.717, 1.165) is 0 Å². The Morgan fingerprint density at radius 2 is 1.67 bits per heavy atom. The molecule has 0 aliphatic heterocycles. The van der Waals surface area contributed by atoms with Crippen molar-refractivity contribution in [2.24, 2.45) is 0 Å². The first-order valence-corrected chi connectivity index (χ1v) is 5.35. The second kappa shape index (κ2) is 7.37. The summed E-state index contributed by atoms with van der Waals surface area (Å²) in [7, 11) is 0. The van der Waals surface area contributed by atoms with E-state index in [0.29, 0.717) is 5.92 Å². The van der Waals surface area contributed by atoms with Gasteiger partial charge in [0.1, 0.15) is 0 Å². The minimum Gasteiger partial charge on any atom is -1.00 e. The summed E-state index contributed by atoms with van der Waals surface area (Å²) >= 11 is 0. The van der Waals surface area contributed by atoms with Crippen molar-refractivity contribution in [3.05, 3.63) is 65.8 Å². The molecular formula is C15H13Cl2Hf-3. The Morgan fingerprint density at radius 3 is 2.33 bits per heavy atom. The maximum absolute atomic E-state index is 2.30. The average Bonchev–Trinajstić information content (AvgIpc) is 2.82. The van der Waals surface area contributed by atoms with Crippen LogP contribution in [0.1, 0.15) is 17.0 Å². The van der Waals surface area contributed by atoms with Gasteiger partial charge in [0.15, 0.2) is 0 Å². The first kappa shape index (κ1) is 17.8. The first-order valence-electron chi connectivity index (χ1n) is 5.35. The van der Waals surface area contributed by atoms with Gasteiger partial charge in [-0.2, -0.15) is 6.07 Å². The fourth-order valence-electron chi connectivity index (χ4n) is 2.24. The molecule has 1 aliphatic rings. The Hall–Kier alpha value is -0.240. The van der Waals surface area contributed by atoms with Crippen LogP contribution in [0, 0.1) is 6.92 Å². The number of hydrogen-bond acceptors (Lipinski definition) is 0. The summed E-state index contributed by atoms with van der Waals surface area (Å²) in [5.74, 6) is 0.476. The third kappa shape index (κ3) is 3.40. The zero-order valence-electron chi connectivity index (χ0n) is 10.0. The molecule has 0 spiro atoms. The van der Waals surface area contributed by atoms with Crippen molar-refractivity contribution in [2.75, 3.05) is 0 Å². The van der Waals surface area contributed by atoms with Crippen LogP contribution in [-0.4, -0.2) is 0 Å². The molecule has 0 amide bonds. The summed E-state index contributed by atoms with van der Waals surface area (Å²) in [5, 5.41) is 2.71. The van der Waals surface area contributed by atoms with Crippen molar-refractivity contribution in [2.45, 2.75) is 12.8 Å². The quantitative estimate of drug-likeness (QED) is 0.357. The van der Waals surface area contributed by atoms with Gasteiger partial charge in [0, 0.05) is 31.8 Å². The Labute approximate surface area is 139 Å². The Morgan fingerprint density at radius 1 is 1.00 bits per heavy atom. The third-order valence-corrected chi connectivity index (χ3v) is 3.01. The standard InChI is InChI=1S/C15H13.2ClH.Hf/c1-11-8-13-6-7-14(10-15(13)9-11)12-4-2-3-5-12;;;/h2-10,12H,1H3;2*1H;/q-1;;;/p-2. The molecule has 2 aromatic rings. The topological polar surface area (TPSA) is 0 Å². The van der Waals surface area contributed by atoms with Gasteiger partial charge in [0.25, 0.3) is 0 Å². The van der Waals surface area contributed by atoms with Gasteiger partial charge in [-0.3, -0.25) is 0 Å². The Bertz CT molecular complexity index is 555. The SMILES string of the molecule is Cc1cc2ccc(C3C=CC=C3)cc2[cH-]1.[Cl-].[Cl-].[Hf]. The van der Waals surface area contributed by atoms with Crippen LogP contribution in [0.25, 0.3) is 10.8 Å². The molecule has 0 saturated heterocycles. The molecule has 2 aromatic carbocycles. The second-order valence-corrected chi connectivity index (χ2v) is 4.22. The maximum Gasteiger partial charge on any atom is 0.0118 e. The fourth-order valence-corrected chi connectivity index (χ4v) is 2.24. The van der Waals surface area contributed by atoms with E-state index in [1.54, 1.807) is 0 Å². The third-order valence-electron chi connectivity index (χ3n) is 3.01. The van der Waals surface area contributed by atoms with Crippen molar-refractivity contribution in [3.63, 3.8) is 0 Å². The fraction of sp³-hybridized carbons (Fsp3) is 0.133. The molecule has 0 radical (unpaired) electrons. The number of fused-ring (bicyclic) bond motifs is 1. The number of allylic oxidation sites excluding steroid dienone is 4. The molecule has 18 heavy (non-hydrogen) atoms. The molecule has 0 atom stereocenters. The van der Waals surface area contributed by atoms with E-state index < -0.39 is 0 Å². The van der Waals surface area contributed by atoms with Gasteiger partial charge >= 0.3 is 0 Å². The van der Waals surface area contributed by atoms with Crippen molar-refractivity contribution in [1.29, 1.82) is 0 Å². The van der Waals surface area contributed by atoms with E-state index in [-0.39, 0.29) is 50.7 Å². The van der Waals surface area contributed by atoms with E-state index in [1.807, 2.05) is 0 Å². The largest absolute Gasteiger partial charge is 1.00 e. The molecule has 3 heteroatoms. The summed E-state index contributed by atoms with van der Waals surface area (Å²) in [5.41, 5.74) is 2.73. The molecule has 0 bridgehead atoms. The Balaban J connectivity index is 0.000000963. The zero-order valence-corrected chi connectivity index (χ0v) is 15.1. The van der Waals surface area contributed by atoms with E-state index in [9.17, 15) is 0 Å². The maximum atomic E-state index is 2.30. The molecule has 94 valence electrons. The average molecular weight is 443 g/mol. The van der Waals surface area contributed by atoms with Gasteiger partial charge in [-0.15, -0.1) is 34.5 Å². The van der Waals surface area contributed by atoms with Crippen LogP contribution in [0.5, 0.6) is 0 Å². The molecular weight excluding hydrogens is 430 g/mol. The van der Waals surface area contributed by atoms with Crippen molar-refractivity contribution >= 4 is 10.8 Å². The normalized spacial score (nSPS) is 12.9. The van der Waals surface area contributed by atoms with Crippen molar-refractivity contribution in [1.82, 2.24) is 0 Å². The molecule has 0 fully saturated rings. The monoisotopic (exact) mass is 443 g/mol. The summed E-state index contributed by atoms with van der Waals surface area (Å²) in [6, 6.07) is 11.2. The van der Waals surface area contributed by atoms with Crippen LogP contribution < -0.4 is 24.8 Å². The smallest absolute Gasteiger partial charge is 0.0118 e. The van der Waals surface area contributed by atoms with Crippen LogP contribution in [-0.2, 0) is 25.8 Å². The van der Waals surface area contributed by atoms with Crippen LogP contribution in [0.3, 0.4) is 0 Å². The van der Waals surface area contributed by atoms with E-state index >= 15 is 0 Å². The summed E-state index contributed by atoms with van der Waals surface area (Å²) < 4.78 is 0. The molecule has 0 aromatic heterocycles. The number of halogens is 2. The molecule has 3 rings (SSSR count). The molecule has 0 saturated carbocycles. The van der Waals surface area contributed by atoms with Crippen LogP contribution in [0.4, 0.5) is 0 Å². The predicted octanol–water partition coefficient (Wildman–Crippen LogP) is -1.92. The predicted molar refractivity (Wildman–Crippen MR) is 65.3 cm³/mol. The van der Waals surface area contributed by atoms with E-state index in [1.165, 1.54) is 21.9 Å². The van der Waals surface area contributed by atoms with Crippen molar-refractivity contribution in [3.8, 4) is 0 Å². The van der Waals surface area contributed by atoms with Gasteiger partial charge < -0.3 is 24.8 Å². The molecule has 0 N–H and O–H groups in total. The van der Waals surface area contributed by atoms with Crippen LogP contribution in [0.15, 0.2) is 54.6 Å². The minimum absolute atomic E-state index is 0. The number of benzene rings is 1. The number of hydrogen-bond donors (Lipinski definition) is 0. The van der Waals surface area contributed by atoms with Gasteiger partial charge in [-0.25, -0.2) is 0 Å². The second-order valence-electron chi connectivity index (χ2n) is 4.22. The van der Waals surface area contributed by atoms with Crippen LogP contribution in [0.2, 0.25) is 0 Å².